The average Bonchev–Trinajstić information content (AvgIpc) is 2.41. The predicted octanol–water partition coefficient (Wildman–Crippen LogP) is 2.17. The highest BCUT2D eigenvalue weighted by molar-refractivity contribution is 5.99. The van der Waals surface area contributed by atoms with Gasteiger partial charge in [0.05, 0.1) is 0 Å². The lowest BCUT2D eigenvalue weighted by Gasteiger charge is -2.31. The Morgan fingerprint density at radius 3 is 1.62 bits per heavy atom. The highest BCUT2D eigenvalue weighted by atomic mass is 16.2. The monoisotopic (exact) mass is 339 g/mol. The summed E-state index contributed by atoms with van der Waals surface area (Å²) in [7, 11) is 0. The topological polar surface area (TPSA) is 92.3 Å². The van der Waals surface area contributed by atoms with E-state index in [1.54, 1.807) is 0 Å². The SMILES string of the molecule is CC(C)(C)C1CCC(=O)NC1=O.[2H]C1(C(C)(C)C)CCC(=O)NC1=O. The third kappa shape index (κ3) is 5.73. The molecule has 6 heteroatoms. The maximum Gasteiger partial charge on any atom is 0.230 e. The van der Waals surface area contributed by atoms with Crippen molar-refractivity contribution in [2.45, 2.75) is 67.2 Å². The van der Waals surface area contributed by atoms with Crippen LogP contribution in [0.5, 0.6) is 0 Å². The summed E-state index contributed by atoms with van der Waals surface area (Å²) in [5.41, 5.74) is -0.470. The van der Waals surface area contributed by atoms with Gasteiger partial charge < -0.3 is 0 Å². The molecule has 0 spiro atoms. The summed E-state index contributed by atoms with van der Waals surface area (Å²) in [6.45, 7) is 11.6. The minimum Gasteiger partial charge on any atom is -0.296 e. The predicted molar refractivity (Wildman–Crippen MR) is 90.7 cm³/mol. The van der Waals surface area contributed by atoms with Crippen LogP contribution in [-0.2, 0) is 19.2 Å². The summed E-state index contributed by atoms with van der Waals surface area (Å²) in [5.74, 6) is -2.16. The van der Waals surface area contributed by atoms with Crippen LogP contribution in [0, 0.1) is 22.6 Å². The number of carbonyl (C=O) groups excluding carboxylic acids is 4. The molecule has 0 aromatic rings. The second-order valence-corrected chi connectivity index (χ2v) is 8.48. The van der Waals surface area contributed by atoms with Crippen molar-refractivity contribution in [2.24, 2.45) is 22.6 Å². The van der Waals surface area contributed by atoms with Gasteiger partial charge in [-0.05, 0) is 23.7 Å². The van der Waals surface area contributed by atoms with Crippen molar-refractivity contribution < 1.29 is 20.5 Å². The molecule has 2 aliphatic heterocycles. The van der Waals surface area contributed by atoms with Crippen molar-refractivity contribution in [3.05, 3.63) is 0 Å². The first-order valence-electron chi connectivity index (χ1n) is 8.86. The van der Waals surface area contributed by atoms with Crippen molar-refractivity contribution >= 4 is 23.6 Å². The number of hydrogen-bond acceptors (Lipinski definition) is 4. The van der Waals surface area contributed by atoms with Gasteiger partial charge in [0.1, 0.15) is 0 Å². The zero-order chi connectivity index (χ0) is 19.6. The molecule has 0 aromatic carbocycles. The molecule has 136 valence electrons. The van der Waals surface area contributed by atoms with E-state index >= 15 is 0 Å². The van der Waals surface area contributed by atoms with E-state index in [4.69, 9.17) is 1.37 Å². The van der Waals surface area contributed by atoms with E-state index in [1.807, 2.05) is 41.5 Å². The molecule has 0 saturated carbocycles. The molecule has 0 aromatic heterocycles. The lowest BCUT2D eigenvalue weighted by molar-refractivity contribution is -0.140. The van der Waals surface area contributed by atoms with Gasteiger partial charge in [-0.2, -0.15) is 0 Å². The number of hydrogen-bond donors (Lipinski definition) is 2. The second kappa shape index (κ2) is 7.45. The molecule has 2 fully saturated rings. The third-order valence-electron chi connectivity index (χ3n) is 4.32. The van der Waals surface area contributed by atoms with Gasteiger partial charge in [0.15, 0.2) is 0 Å². The molecular formula is C18H30N2O4. The molecular weight excluding hydrogens is 308 g/mol. The van der Waals surface area contributed by atoms with Gasteiger partial charge in [0.2, 0.25) is 23.6 Å². The summed E-state index contributed by atoms with van der Waals surface area (Å²) in [6, 6.07) is 0. The van der Waals surface area contributed by atoms with Gasteiger partial charge in [0, 0.05) is 26.0 Å². The molecule has 0 radical (unpaired) electrons. The summed E-state index contributed by atoms with van der Waals surface area (Å²) in [5, 5.41) is 4.57. The van der Waals surface area contributed by atoms with E-state index in [2.05, 4.69) is 10.6 Å². The van der Waals surface area contributed by atoms with Crippen LogP contribution < -0.4 is 10.6 Å². The highest BCUT2D eigenvalue weighted by Gasteiger charge is 2.36. The van der Waals surface area contributed by atoms with Crippen LogP contribution in [0.15, 0.2) is 0 Å². The zero-order valence-electron chi connectivity index (χ0n) is 16.5. The number of nitrogens with one attached hydrogen (secondary N) is 2. The number of rotatable bonds is 0. The van der Waals surface area contributed by atoms with E-state index in [0.29, 0.717) is 19.3 Å². The zero-order valence-corrected chi connectivity index (χ0v) is 15.5. The number of imide groups is 2. The van der Waals surface area contributed by atoms with Gasteiger partial charge in [0.25, 0.3) is 0 Å². The van der Waals surface area contributed by atoms with Gasteiger partial charge in [-0.1, -0.05) is 41.5 Å². The average molecular weight is 339 g/mol. The van der Waals surface area contributed by atoms with Crippen molar-refractivity contribution in [3.8, 4) is 0 Å². The molecule has 4 amide bonds. The molecule has 2 rings (SSSR count). The Morgan fingerprint density at radius 1 is 0.792 bits per heavy atom. The van der Waals surface area contributed by atoms with Crippen LogP contribution in [-0.4, -0.2) is 23.6 Å². The van der Waals surface area contributed by atoms with Gasteiger partial charge in [-0.25, -0.2) is 0 Å². The first kappa shape index (κ1) is 18.6. The standard InChI is InChI=1S/2C9H15NO2/c2*1-9(2,3)6-4-5-7(11)10-8(6)12/h2*6H,4-5H2,1-3H3,(H,10,11,12)/i6D;. The molecule has 2 unspecified atom stereocenters. The molecule has 24 heavy (non-hydrogen) atoms. The van der Waals surface area contributed by atoms with Crippen LogP contribution >= 0.6 is 0 Å². The first-order chi connectivity index (χ1) is 11.2. The van der Waals surface area contributed by atoms with E-state index in [1.165, 1.54) is 0 Å². The smallest absolute Gasteiger partial charge is 0.230 e. The molecule has 2 N–H and O–H groups in total. The Labute approximate surface area is 145 Å². The fraction of sp³-hybridized carbons (Fsp3) is 0.778. The molecule has 2 saturated heterocycles. The lowest BCUT2D eigenvalue weighted by Crippen LogP contribution is -2.45. The lowest BCUT2D eigenvalue weighted by atomic mass is 9.76. The van der Waals surface area contributed by atoms with E-state index in [-0.39, 0.29) is 35.5 Å². The first-order valence-corrected chi connectivity index (χ1v) is 8.36. The summed E-state index contributed by atoms with van der Waals surface area (Å²) in [4.78, 5) is 44.5. The fourth-order valence-corrected chi connectivity index (χ4v) is 2.85. The van der Waals surface area contributed by atoms with Crippen molar-refractivity contribution in [2.75, 3.05) is 0 Å². The Hall–Kier alpha value is -1.72. The minimum absolute atomic E-state index is 0.0183. The van der Waals surface area contributed by atoms with E-state index in [9.17, 15) is 19.2 Å². The summed E-state index contributed by atoms with van der Waals surface area (Å²) >= 11 is 0. The van der Waals surface area contributed by atoms with Crippen molar-refractivity contribution in [3.63, 3.8) is 0 Å². The highest BCUT2D eigenvalue weighted by Crippen LogP contribution is 2.32. The molecule has 2 atom stereocenters. The van der Waals surface area contributed by atoms with E-state index < -0.39 is 17.2 Å². The normalized spacial score (nSPS) is 29.1. The minimum atomic E-state index is -1.17. The molecule has 6 nitrogen and oxygen atoms in total. The van der Waals surface area contributed by atoms with Gasteiger partial charge in [-0.15, -0.1) is 0 Å². The maximum atomic E-state index is 11.5. The summed E-state index contributed by atoms with van der Waals surface area (Å²) < 4.78 is 8.00. The quantitative estimate of drug-likeness (QED) is 0.662. The largest absolute Gasteiger partial charge is 0.296 e. The summed E-state index contributed by atoms with van der Waals surface area (Å²) in [6.07, 6.45) is 1.76. The fourth-order valence-electron chi connectivity index (χ4n) is 2.85. The molecule has 2 aliphatic rings. The van der Waals surface area contributed by atoms with Crippen LogP contribution in [0.4, 0.5) is 0 Å². The molecule has 0 bridgehead atoms. The maximum absolute atomic E-state index is 11.5. The third-order valence-corrected chi connectivity index (χ3v) is 4.32. The Morgan fingerprint density at radius 2 is 1.25 bits per heavy atom. The number of piperidine rings is 2. The van der Waals surface area contributed by atoms with Gasteiger partial charge in [-0.3, -0.25) is 29.8 Å². The van der Waals surface area contributed by atoms with Crippen LogP contribution in [0.3, 0.4) is 0 Å². The van der Waals surface area contributed by atoms with Crippen LogP contribution in [0.2, 0.25) is 0 Å². The van der Waals surface area contributed by atoms with Crippen molar-refractivity contribution in [1.29, 1.82) is 0 Å². The Bertz CT molecular complexity index is 575. The number of carbonyl (C=O) groups is 4. The Kier molecular flexibility index (Phi) is 5.78. The number of amides is 4. The van der Waals surface area contributed by atoms with Crippen LogP contribution in [0.25, 0.3) is 0 Å². The van der Waals surface area contributed by atoms with Crippen LogP contribution in [0.1, 0.15) is 68.6 Å². The van der Waals surface area contributed by atoms with Crippen molar-refractivity contribution in [1.82, 2.24) is 10.6 Å². The van der Waals surface area contributed by atoms with E-state index in [0.717, 1.165) is 0 Å². The second-order valence-electron chi connectivity index (χ2n) is 8.48. The molecule has 2 heterocycles. The molecule has 0 aliphatic carbocycles. The Balaban J connectivity index is 0.000000251. The van der Waals surface area contributed by atoms with Gasteiger partial charge >= 0.3 is 0 Å².